The fourth-order valence-electron chi connectivity index (χ4n) is 2.48. The second-order valence-corrected chi connectivity index (χ2v) is 5.56. The topological polar surface area (TPSA) is 57.3 Å². The van der Waals surface area contributed by atoms with E-state index in [0.29, 0.717) is 5.69 Å². The summed E-state index contributed by atoms with van der Waals surface area (Å²) in [4.78, 5) is 17.5. The minimum atomic E-state index is -0.0647. The molecule has 0 radical (unpaired) electrons. The zero-order chi connectivity index (χ0) is 14.4. The van der Waals surface area contributed by atoms with E-state index in [-0.39, 0.29) is 5.91 Å². The summed E-state index contributed by atoms with van der Waals surface area (Å²) in [5.41, 5.74) is 1.45. The molecule has 1 saturated heterocycles. The lowest BCUT2D eigenvalue weighted by molar-refractivity contribution is 0.0822. The van der Waals surface area contributed by atoms with E-state index in [4.69, 9.17) is 0 Å². The summed E-state index contributed by atoms with van der Waals surface area (Å²) in [5, 5.41) is 6.82. The molecule has 0 aliphatic carbocycles. The summed E-state index contributed by atoms with van der Waals surface area (Å²) < 4.78 is 0. The Morgan fingerprint density at radius 2 is 2.40 bits per heavy atom. The van der Waals surface area contributed by atoms with Gasteiger partial charge in [0, 0.05) is 32.5 Å². The van der Waals surface area contributed by atoms with Gasteiger partial charge < -0.3 is 15.5 Å². The number of rotatable bonds is 5. The first-order valence-electron chi connectivity index (χ1n) is 7.29. The Balaban J connectivity index is 1.83. The summed E-state index contributed by atoms with van der Waals surface area (Å²) in [7, 11) is 3.47. The molecule has 1 aromatic heterocycles. The Hall–Kier alpha value is -1.62. The number of carbonyl (C=O) groups excluding carboxylic acids is 1. The highest BCUT2D eigenvalue weighted by atomic mass is 16.2. The summed E-state index contributed by atoms with van der Waals surface area (Å²) in [6, 6.07) is 3.73. The first-order valence-corrected chi connectivity index (χ1v) is 7.29. The summed E-state index contributed by atoms with van der Waals surface area (Å²) >= 11 is 0. The third kappa shape index (κ3) is 4.20. The fourth-order valence-corrected chi connectivity index (χ4v) is 2.48. The van der Waals surface area contributed by atoms with Gasteiger partial charge in [0.2, 0.25) is 0 Å². The standard InChI is InChI=1S/C15H24N4O/c1-19(2)15(20)14-10-13(6-9-18-14)17-8-5-12-4-3-7-16-11-12/h6,9-10,12,16H,3-5,7-8,11H2,1-2H3,(H,17,18). The number of pyridine rings is 1. The van der Waals surface area contributed by atoms with E-state index in [1.165, 1.54) is 12.8 Å². The molecule has 1 amide bonds. The van der Waals surface area contributed by atoms with Crippen molar-refractivity contribution in [1.82, 2.24) is 15.2 Å². The van der Waals surface area contributed by atoms with Crippen LogP contribution in [0.1, 0.15) is 29.8 Å². The van der Waals surface area contributed by atoms with Gasteiger partial charge in [0.1, 0.15) is 5.69 Å². The van der Waals surface area contributed by atoms with Gasteiger partial charge in [-0.05, 0) is 50.4 Å². The number of nitrogens with one attached hydrogen (secondary N) is 2. The average molecular weight is 276 g/mol. The van der Waals surface area contributed by atoms with Crippen LogP contribution in [0.15, 0.2) is 18.3 Å². The molecule has 1 aliphatic rings. The molecule has 0 aromatic carbocycles. The quantitative estimate of drug-likeness (QED) is 0.857. The molecule has 1 aliphatic heterocycles. The van der Waals surface area contributed by atoms with E-state index >= 15 is 0 Å². The SMILES string of the molecule is CN(C)C(=O)c1cc(NCCC2CCCNC2)ccn1. The van der Waals surface area contributed by atoms with Crippen molar-refractivity contribution < 1.29 is 4.79 Å². The minimum absolute atomic E-state index is 0.0647. The van der Waals surface area contributed by atoms with Crippen LogP contribution in [0.2, 0.25) is 0 Å². The van der Waals surface area contributed by atoms with Crippen LogP contribution >= 0.6 is 0 Å². The first-order chi connectivity index (χ1) is 9.66. The summed E-state index contributed by atoms with van der Waals surface area (Å²) in [6.45, 7) is 3.22. The Kier molecular flexibility index (Phi) is 5.35. The van der Waals surface area contributed by atoms with Crippen LogP contribution in [-0.2, 0) is 0 Å². The van der Waals surface area contributed by atoms with Crippen molar-refractivity contribution in [3.8, 4) is 0 Å². The molecule has 0 saturated carbocycles. The third-order valence-corrected chi connectivity index (χ3v) is 3.67. The van der Waals surface area contributed by atoms with Gasteiger partial charge in [-0.25, -0.2) is 0 Å². The monoisotopic (exact) mass is 276 g/mol. The molecule has 1 unspecified atom stereocenters. The lowest BCUT2D eigenvalue weighted by Gasteiger charge is -2.22. The van der Waals surface area contributed by atoms with Crippen LogP contribution in [0, 0.1) is 5.92 Å². The number of piperidine rings is 1. The van der Waals surface area contributed by atoms with Gasteiger partial charge in [-0.1, -0.05) is 0 Å². The normalized spacial score (nSPS) is 18.6. The van der Waals surface area contributed by atoms with Crippen molar-refractivity contribution in [2.24, 2.45) is 5.92 Å². The van der Waals surface area contributed by atoms with Crippen molar-refractivity contribution in [3.05, 3.63) is 24.0 Å². The average Bonchev–Trinajstić information content (AvgIpc) is 2.48. The number of hydrogen-bond donors (Lipinski definition) is 2. The van der Waals surface area contributed by atoms with Gasteiger partial charge in [-0.3, -0.25) is 9.78 Å². The van der Waals surface area contributed by atoms with E-state index < -0.39 is 0 Å². The lowest BCUT2D eigenvalue weighted by atomic mass is 9.96. The van der Waals surface area contributed by atoms with Crippen molar-refractivity contribution in [3.63, 3.8) is 0 Å². The van der Waals surface area contributed by atoms with Crippen molar-refractivity contribution in [1.29, 1.82) is 0 Å². The second-order valence-electron chi connectivity index (χ2n) is 5.56. The molecule has 20 heavy (non-hydrogen) atoms. The largest absolute Gasteiger partial charge is 0.385 e. The predicted octanol–water partition coefficient (Wildman–Crippen LogP) is 1.58. The van der Waals surface area contributed by atoms with Crippen molar-refractivity contribution in [2.45, 2.75) is 19.3 Å². The zero-order valence-electron chi connectivity index (χ0n) is 12.4. The molecular formula is C15H24N4O. The Bertz CT molecular complexity index is 441. The highest BCUT2D eigenvalue weighted by molar-refractivity contribution is 5.92. The Morgan fingerprint density at radius 1 is 1.55 bits per heavy atom. The van der Waals surface area contributed by atoms with E-state index in [0.717, 1.165) is 37.7 Å². The number of nitrogens with zero attached hydrogens (tertiary/aromatic N) is 2. The summed E-state index contributed by atoms with van der Waals surface area (Å²) in [6.07, 6.45) is 5.43. The van der Waals surface area contributed by atoms with E-state index in [9.17, 15) is 4.79 Å². The number of amides is 1. The molecule has 1 atom stereocenters. The van der Waals surface area contributed by atoms with Crippen LogP contribution < -0.4 is 10.6 Å². The molecule has 2 rings (SSSR count). The molecule has 1 fully saturated rings. The molecule has 2 heterocycles. The highest BCUT2D eigenvalue weighted by Gasteiger charge is 2.13. The fraction of sp³-hybridized carbons (Fsp3) is 0.600. The maximum atomic E-state index is 11.8. The number of aromatic nitrogens is 1. The molecule has 2 N–H and O–H groups in total. The zero-order valence-corrected chi connectivity index (χ0v) is 12.4. The second kappa shape index (κ2) is 7.24. The van der Waals surface area contributed by atoms with Gasteiger partial charge in [0.25, 0.3) is 5.91 Å². The highest BCUT2D eigenvalue weighted by Crippen LogP contribution is 2.15. The molecule has 0 spiro atoms. The summed E-state index contributed by atoms with van der Waals surface area (Å²) in [5.74, 6) is 0.700. The van der Waals surface area contributed by atoms with Crippen LogP contribution in [0.25, 0.3) is 0 Å². The molecule has 5 heteroatoms. The number of carbonyl (C=O) groups is 1. The molecule has 110 valence electrons. The maximum Gasteiger partial charge on any atom is 0.272 e. The van der Waals surface area contributed by atoms with Crippen LogP contribution in [0.4, 0.5) is 5.69 Å². The lowest BCUT2D eigenvalue weighted by Crippen LogP contribution is -2.30. The molecule has 0 bridgehead atoms. The predicted molar refractivity (Wildman–Crippen MR) is 81.0 cm³/mol. The van der Waals surface area contributed by atoms with Gasteiger partial charge in [-0.15, -0.1) is 0 Å². The maximum absolute atomic E-state index is 11.8. The minimum Gasteiger partial charge on any atom is -0.385 e. The number of hydrogen-bond acceptors (Lipinski definition) is 4. The van der Waals surface area contributed by atoms with E-state index in [2.05, 4.69) is 15.6 Å². The van der Waals surface area contributed by atoms with Crippen molar-refractivity contribution in [2.75, 3.05) is 39.0 Å². The number of anilines is 1. The van der Waals surface area contributed by atoms with Crippen LogP contribution in [0.5, 0.6) is 0 Å². The van der Waals surface area contributed by atoms with E-state index in [1.807, 2.05) is 12.1 Å². The Labute approximate surface area is 120 Å². The molecule has 1 aromatic rings. The van der Waals surface area contributed by atoms with Gasteiger partial charge in [0.15, 0.2) is 0 Å². The van der Waals surface area contributed by atoms with Gasteiger partial charge >= 0.3 is 0 Å². The van der Waals surface area contributed by atoms with Gasteiger partial charge in [0.05, 0.1) is 0 Å². The Morgan fingerprint density at radius 3 is 3.10 bits per heavy atom. The van der Waals surface area contributed by atoms with Crippen molar-refractivity contribution >= 4 is 11.6 Å². The molecule has 5 nitrogen and oxygen atoms in total. The first kappa shape index (κ1) is 14.8. The van der Waals surface area contributed by atoms with Gasteiger partial charge in [-0.2, -0.15) is 0 Å². The van der Waals surface area contributed by atoms with Crippen LogP contribution in [0.3, 0.4) is 0 Å². The molecular weight excluding hydrogens is 252 g/mol. The smallest absolute Gasteiger partial charge is 0.272 e. The van der Waals surface area contributed by atoms with E-state index in [1.54, 1.807) is 25.2 Å². The van der Waals surface area contributed by atoms with Crippen LogP contribution in [-0.4, -0.2) is 49.5 Å². The third-order valence-electron chi connectivity index (χ3n) is 3.67.